The van der Waals surface area contributed by atoms with Gasteiger partial charge in [-0.05, 0) is 44.2 Å². The minimum Gasteiger partial charge on any atom is -0.326 e. The van der Waals surface area contributed by atoms with Gasteiger partial charge in [-0.2, -0.15) is 5.10 Å². The van der Waals surface area contributed by atoms with E-state index in [0.717, 1.165) is 31.8 Å². The predicted molar refractivity (Wildman–Crippen MR) is 102 cm³/mol. The lowest BCUT2D eigenvalue weighted by molar-refractivity contribution is -0.116. The Hall–Kier alpha value is -2.73. The highest BCUT2D eigenvalue weighted by atomic mass is 32.1. The lowest BCUT2D eigenvalue weighted by Gasteiger charge is -2.06. The number of thiazole rings is 1. The number of carbonyl (C=O) groups is 1. The van der Waals surface area contributed by atoms with Gasteiger partial charge in [-0.25, -0.2) is 4.98 Å². The maximum atomic E-state index is 12.3. The zero-order valence-electron chi connectivity index (χ0n) is 14.1. The van der Waals surface area contributed by atoms with E-state index in [9.17, 15) is 4.79 Å². The van der Waals surface area contributed by atoms with Crippen LogP contribution in [0.15, 0.2) is 42.6 Å². The number of carbonyl (C=O) groups excluding carboxylic acids is 1. The molecule has 0 aliphatic carbocycles. The van der Waals surface area contributed by atoms with Crippen LogP contribution in [0.1, 0.15) is 17.0 Å². The van der Waals surface area contributed by atoms with Gasteiger partial charge in [-0.15, -0.1) is 11.3 Å². The Bertz CT molecular complexity index is 1080. The van der Waals surface area contributed by atoms with E-state index in [4.69, 9.17) is 0 Å². The average Bonchev–Trinajstić information content (AvgIpc) is 3.14. The molecule has 0 aliphatic rings. The summed E-state index contributed by atoms with van der Waals surface area (Å²) in [7, 11) is 0. The van der Waals surface area contributed by atoms with Crippen LogP contribution in [0.5, 0.6) is 0 Å². The number of aromatic nitrogens is 3. The Morgan fingerprint density at radius 1 is 1.20 bits per heavy atom. The fourth-order valence-electron chi connectivity index (χ4n) is 2.93. The zero-order valence-corrected chi connectivity index (χ0v) is 14.9. The first-order chi connectivity index (χ1) is 12.1. The summed E-state index contributed by atoms with van der Waals surface area (Å²) in [6, 6.07) is 12.0. The molecule has 0 saturated heterocycles. The highest BCUT2D eigenvalue weighted by Crippen LogP contribution is 2.25. The molecular formula is C19H18N4OS. The van der Waals surface area contributed by atoms with E-state index in [0.29, 0.717) is 13.0 Å². The normalized spacial score (nSPS) is 11.3. The van der Waals surface area contributed by atoms with Gasteiger partial charge in [-0.1, -0.05) is 11.6 Å². The molecule has 0 atom stereocenters. The van der Waals surface area contributed by atoms with Crippen molar-refractivity contribution >= 4 is 44.1 Å². The third kappa shape index (κ3) is 3.25. The van der Waals surface area contributed by atoms with Gasteiger partial charge in [0.05, 0.1) is 33.5 Å². The summed E-state index contributed by atoms with van der Waals surface area (Å²) in [4.78, 5) is 16.7. The topological polar surface area (TPSA) is 59.8 Å². The van der Waals surface area contributed by atoms with Crippen molar-refractivity contribution in [2.45, 2.75) is 26.8 Å². The lowest BCUT2D eigenvalue weighted by Crippen LogP contribution is -2.14. The molecule has 2 aromatic heterocycles. The SMILES string of the molecule is Cc1ccc2c(cnn2CCC(=O)Nc2ccc3nc(C)sc3c2)c1. The molecule has 126 valence electrons. The highest BCUT2D eigenvalue weighted by molar-refractivity contribution is 7.18. The molecule has 0 saturated carbocycles. The Labute approximate surface area is 149 Å². The molecule has 4 rings (SSSR count). The monoisotopic (exact) mass is 350 g/mol. The van der Waals surface area contributed by atoms with Gasteiger partial charge in [0.15, 0.2) is 0 Å². The molecule has 0 spiro atoms. The van der Waals surface area contributed by atoms with Crippen molar-refractivity contribution in [2.75, 3.05) is 5.32 Å². The third-order valence-electron chi connectivity index (χ3n) is 4.13. The molecule has 0 bridgehead atoms. The molecule has 6 heteroatoms. The fourth-order valence-corrected chi connectivity index (χ4v) is 3.80. The van der Waals surface area contributed by atoms with E-state index >= 15 is 0 Å². The van der Waals surface area contributed by atoms with Crippen molar-refractivity contribution in [3.05, 3.63) is 53.2 Å². The summed E-state index contributed by atoms with van der Waals surface area (Å²) in [6.45, 7) is 4.60. The van der Waals surface area contributed by atoms with Gasteiger partial charge < -0.3 is 5.32 Å². The van der Waals surface area contributed by atoms with Crippen molar-refractivity contribution in [2.24, 2.45) is 0 Å². The molecule has 0 unspecified atom stereocenters. The van der Waals surface area contributed by atoms with Crippen molar-refractivity contribution in [3.8, 4) is 0 Å². The molecule has 0 radical (unpaired) electrons. The third-order valence-corrected chi connectivity index (χ3v) is 5.06. The van der Waals surface area contributed by atoms with Crippen LogP contribution in [0, 0.1) is 13.8 Å². The second-order valence-electron chi connectivity index (χ2n) is 6.14. The molecule has 1 amide bonds. The highest BCUT2D eigenvalue weighted by Gasteiger charge is 2.08. The van der Waals surface area contributed by atoms with Crippen LogP contribution in [0.25, 0.3) is 21.1 Å². The second-order valence-corrected chi connectivity index (χ2v) is 7.38. The van der Waals surface area contributed by atoms with Crippen molar-refractivity contribution in [1.82, 2.24) is 14.8 Å². The summed E-state index contributed by atoms with van der Waals surface area (Å²) < 4.78 is 2.97. The first kappa shape index (κ1) is 15.8. The Balaban J connectivity index is 1.44. The van der Waals surface area contributed by atoms with Crippen LogP contribution in [-0.4, -0.2) is 20.7 Å². The maximum absolute atomic E-state index is 12.3. The van der Waals surface area contributed by atoms with Gasteiger partial charge in [0.2, 0.25) is 5.91 Å². The zero-order chi connectivity index (χ0) is 17.4. The number of fused-ring (bicyclic) bond motifs is 2. The number of hydrogen-bond acceptors (Lipinski definition) is 4. The fraction of sp³-hybridized carbons (Fsp3) is 0.211. The van der Waals surface area contributed by atoms with E-state index in [2.05, 4.69) is 40.5 Å². The summed E-state index contributed by atoms with van der Waals surface area (Å²) in [6.07, 6.45) is 2.23. The largest absolute Gasteiger partial charge is 0.326 e. The number of benzene rings is 2. The quantitative estimate of drug-likeness (QED) is 0.597. The van der Waals surface area contributed by atoms with Crippen molar-refractivity contribution in [3.63, 3.8) is 0 Å². The first-order valence-corrected chi connectivity index (χ1v) is 8.99. The Morgan fingerprint density at radius 3 is 2.96 bits per heavy atom. The molecule has 5 nitrogen and oxygen atoms in total. The van der Waals surface area contributed by atoms with Gasteiger partial charge >= 0.3 is 0 Å². The average molecular weight is 350 g/mol. The van der Waals surface area contributed by atoms with Crippen LogP contribution >= 0.6 is 11.3 Å². The Kier molecular flexibility index (Phi) is 3.97. The molecular weight excluding hydrogens is 332 g/mol. The van der Waals surface area contributed by atoms with Crippen LogP contribution < -0.4 is 5.32 Å². The molecule has 4 aromatic rings. The maximum Gasteiger partial charge on any atom is 0.226 e. The first-order valence-electron chi connectivity index (χ1n) is 8.18. The van der Waals surface area contributed by atoms with Crippen molar-refractivity contribution < 1.29 is 4.79 Å². The van der Waals surface area contributed by atoms with E-state index in [-0.39, 0.29) is 5.91 Å². The molecule has 1 N–H and O–H groups in total. The number of anilines is 1. The lowest BCUT2D eigenvalue weighted by atomic mass is 10.2. The van der Waals surface area contributed by atoms with Gasteiger partial charge in [0.25, 0.3) is 0 Å². The number of hydrogen-bond donors (Lipinski definition) is 1. The predicted octanol–water partition coefficient (Wildman–Crippen LogP) is 4.29. The Morgan fingerprint density at radius 2 is 2.08 bits per heavy atom. The number of rotatable bonds is 4. The molecule has 25 heavy (non-hydrogen) atoms. The summed E-state index contributed by atoms with van der Waals surface area (Å²) in [5, 5.41) is 9.48. The second kappa shape index (κ2) is 6.29. The summed E-state index contributed by atoms with van der Waals surface area (Å²) >= 11 is 1.63. The molecule has 2 aromatic carbocycles. The minimum atomic E-state index is -0.0173. The van der Waals surface area contributed by atoms with E-state index < -0.39 is 0 Å². The molecule has 0 fully saturated rings. The van der Waals surface area contributed by atoms with Crippen LogP contribution in [0.4, 0.5) is 5.69 Å². The standard InChI is InChI=1S/C19H18N4OS/c1-12-3-6-17-14(9-12)11-20-23(17)8-7-19(24)22-15-4-5-16-18(10-15)25-13(2)21-16/h3-6,9-11H,7-8H2,1-2H3,(H,22,24). The number of aryl methyl sites for hydroxylation is 3. The van der Waals surface area contributed by atoms with Crippen molar-refractivity contribution in [1.29, 1.82) is 0 Å². The smallest absolute Gasteiger partial charge is 0.226 e. The van der Waals surface area contributed by atoms with Crippen LogP contribution in [0.2, 0.25) is 0 Å². The summed E-state index contributed by atoms with van der Waals surface area (Å²) in [5.41, 5.74) is 4.04. The summed E-state index contributed by atoms with van der Waals surface area (Å²) in [5.74, 6) is -0.0173. The number of amides is 1. The molecule has 2 heterocycles. The van der Waals surface area contributed by atoms with Gasteiger partial charge in [0, 0.05) is 17.5 Å². The van der Waals surface area contributed by atoms with Gasteiger partial charge in [0.1, 0.15) is 0 Å². The van der Waals surface area contributed by atoms with Crippen LogP contribution in [-0.2, 0) is 11.3 Å². The minimum absolute atomic E-state index is 0.0173. The molecule has 0 aliphatic heterocycles. The number of nitrogens with zero attached hydrogens (tertiary/aromatic N) is 3. The van der Waals surface area contributed by atoms with Crippen LogP contribution in [0.3, 0.4) is 0 Å². The number of nitrogens with one attached hydrogen (secondary N) is 1. The van der Waals surface area contributed by atoms with E-state index in [1.165, 1.54) is 5.56 Å². The van der Waals surface area contributed by atoms with E-state index in [1.54, 1.807) is 11.3 Å². The van der Waals surface area contributed by atoms with Gasteiger partial charge in [-0.3, -0.25) is 9.48 Å². The van der Waals surface area contributed by atoms with E-state index in [1.807, 2.05) is 36.0 Å².